The molecule has 1 aromatic heterocycles. The molecule has 22 heavy (non-hydrogen) atoms. The van der Waals surface area contributed by atoms with Crippen LogP contribution in [0.3, 0.4) is 0 Å². The number of rotatable bonds is 8. The van der Waals surface area contributed by atoms with Crippen molar-refractivity contribution in [1.29, 1.82) is 0 Å². The first kappa shape index (κ1) is 16.8. The number of guanidine groups is 1. The van der Waals surface area contributed by atoms with E-state index < -0.39 is 0 Å². The van der Waals surface area contributed by atoms with Crippen LogP contribution >= 0.6 is 11.3 Å². The van der Waals surface area contributed by atoms with Gasteiger partial charge in [-0.05, 0) is 36.6 Å². The summed E-state index contributed by atoms with van der Waals surface area (Å²) in [5.41, 5.74) is 0. The van der Waals surface area contributed by atoms with Crippen LogP contribution in [0.2, 0.25) is 0 Å². The summed E-state index contributed by atoms with van der Waals surface area (Å²) in [4.78, 5) is 17.1. The van der Waals surface area contributed by atoms with Crippen molar-refractivity contribution in [1.82, 2.24) is 16.0 Å². The molecule has 0 aromatic carbocycles. The monoisotopic (exact) mass is 322 g/mol. The van der Waals surface area contributed by atoms with Crippen LogP contribution in [0.4, 0.5) is 0 Å². The van der Waals surface area contributed by atoms with E-state index in [9.17, 15) is 4.79 Å². The van der Waals surface area contributed by atoms with Crippen LogP contribution in [-0.4, -0.2) is 38.5 Å². The maximum atomic E-state index is 11.5. The summed E-state index contributed by atoms with van der Waals surface area (Å²) >= 11 is 1.80. The largest absolute Gasteiger partial charge is 0.356 e. The van der Waals surface area contributed by atoms with Crippen LogP contribution in [0.5, 0.6) is 0 Å². The van der Waals surface area contributed by atoms with Crippen molar-refractivity contribution in [3.05, 3.63) is 22.4 Å². The average Bonchev–Trinajstić information content (AvgIpc) is 3.25. The average molecular weight is 322 g/mol. The van der Waals surface area contributed by atoms with Gasteiger partial charge in [-0.25, -0.2) is 0 Å². The Morgan fingerprint density at radius 1 is 1.36 bits per heavy atom. The highest BCUT2D eigenvalue weighted by atomic mass is 32.1. The predicted octanol–water partition coefficient (Wildman–Crippen LogP) is 1.62. The summed E-state index contributed by atoms with van der Waals surface area (Å²) in [7, 11) is 1.77. The Morgan fingerprint density at radius 2 is 2.14 bits per heavy atom. The van der Waals surface area contributed by atoms with Crippen molar-refractivity contribution < 1.29 is 4.79 Å². The lowest BCUT2D eigenvalue weighted by atomic mass is 10.1. The molecule has 2 rings (SSSR count). The standard InChI is InChI=1S/C16H26N4OS/c1-12(10-14-4-3-9-22-14)11-20-16(17-2)19-8-7-18-15(21)13-5-6-13/h3-4,9,12-13H,5-8,10-11H2,1-2H3,(H,18,21)(H2,17,19,20). The number of aliphatic imine (C=N–C) groups is 1. The Hall–Kier alpha value is -1.56. The molecule has 1 saturated carbocycles. The lowest BCUT2D eigenvalue weighted by molar-refractivity contribution is -0.122. The normalized spacial score (nSPS) is 16.2. The Balaban J connectivity index is 1.57. The lowest BCUT2D eigenvalue weighted by Gasteiger charge is -2.15. The minimum atomic E-state index is 0.189. The Labute approximate surface area is 136 Å². The first-order valence-corrected chi connectivity index (χ1v) is 8.81. The first-order valence-electron chi connectivity index (χ1n) is 7.93. The van der Waals surface area contributed by atoms with E-state index in [4.69, 9.17) is 0 Å². The van der Waals surface area contributed by atoms with Crippen molar-refractivity contribution in [3.63, 3.8) is 0 Å². The van der Waals surface area contributed by atoms with E-state index in [1.54, 1.807) is 18.4 Å². The van der Waals surface area contributed by atoms with Gasteiger partial charge in [-0.2, -0.15) is 0 Å². The van der Waals surface area contributed by atoms with Gasteiger partial charge in [0, 0.05) is 37.5 Å². The molecule has 1 aromatic rings. The molecule has 1 heterocycles. The number of nitrogens with one attached hydrogen (secondary N) is 3. The minimum absolute atomic E-state index is 0.189. The summed E-state index contributed by atoms with van der Waals surface area (Å²) < 4.78 is 0. The van der Waals surface area contributed by atoms with Crippen LogP contribution in [0.25, 0.3) is 0 Å². The van der Waals surface area contributed by atoms with E-state index in [0.29, 0.717) is 19.0 Å². The summed E-state index contributed by atoms with van der Waals surface area (Å²) in [6.45, 7) is 4.44. The van der Waals surface area contributed by atoms with Gasteiger partial charge in [-0.3, -0.25) is 9.79 Å². The summed E-state index contributed by atoms with van der Waals surface area (Å²) in [6.07, 6.45) is 3.17. The quantitative estimate of drug-likeness (QED) is 0.387. The van der Waals surface area contributed by atoms with E-state index in [1.165, 1.54) is 4.88 Å². The minimum Gasteiger partial charge on any atom is -0.356 e. The Kier molecular flexibility index (Phi) is 6.71. The molecule has 0 spiro atoms. The van der Waals surface area contributed by atoms with E-state index in [2.05, 4.69) is 45.4 Å². The van der Waals surface area contributed by atoms with Crippen LogP contribution in [0.15, 0.2) is 22.5 Å². The number of nitrogens with zero attached hydrogens (tertiary/aromatic N) is 1. The fraction of sp³-hybridized carbons (Fsp3) is 0.625. The number of hydrogen-bond acceptors (Lipinski definition) is 3. The van der Waals surface area contributed by atoms with Gasteiger partial charge in [-0.15, -0.1) is 11.3 Å². The third-order valence-electron chi connectivity index (χ3n) is 3.64. The summed E-state index contributed by atoms with van der Waals surface area (Å²) in [5, 5.41) is 11.6. The summed E-state index contributed by atoms with van der Waals surface area (Å²) in [6, 6.07) is 4.27. The van der Waals surface area contributed by atoms with Gasteiger partial charge >= 0.3 is 0 Å². The molecular weight excluding hydrogens is 296 g/mol. The molecule has 0 radical (unpaired) electrons. The van der Waals surface area contributed by atoms with Gasteiger partial charge in [-0.1, -0.05) is 13.0 Å². The van der Waals surface area contributed by atoms with Crippen LogP contribution in [-0.2, 0) is 11.2 Å². The third-order valence-corrected chi connectivity index (χ3v) is 4.53. The fourth-order valence-corrected chi connectivity index (χ4v) is 3.06. The van der Waals surface area contributed by atoms with Crippen LogP contribution in [0.1, 0.15) is 24.6 Å². The molecule has 0 saturated heterocycles. The van der Waals surface area contributed by atoms with Crippen LogP contribution < -0.4 is 16.0 Å². The van der Waals surface area contributed by atoms with Crippen molar-refractivity contribution in [3.8, 4) is 0 Å². The summed E-state index contributed by atoms with van der Waals surface area (Å²) in [5.74, 6) is 1.80. The number of thiophene rings is 1. The molecular formula is C16H26N4OS. The molecule has 1 aliphatic carbocycles. The highest BCUT2D eigenvalue weighted by Crippen LogP contribution is 2.28. The number of carbonyl (C=O) groups is 1. The van der Waals surface area contributed by atoms with E-state index in [0.717, 1.165) is 31.8 Å². The van der Waals surface area contributed by atoms with Gasteiger partial charge in [0.25, 0.3) is 0 Å². The second-order valence-corrected chi connectivity index (χ2v) is 6.87. The fourth-order valence-electron chi connectivity index (χ4n) is 2.19. The van der Waals surface area contributed by atoms with Crippen molar-refractivity contribution in [2.75, 3.05) is 26.7 Å². The SMILES string of the molecule is CN=C(NCCNC(=O)C1CC1)NCC(C)Cc1cccs1. The molecule has 1 atom stereocenters. The second kappa shape index (κ2) is 8.78. The molecule has 0 aliphatic heterocycles. The van der Waals surface area contributed by atoms with E-state index in [-0.39, 0.29) is 11.8 Å². The van der Waals surface area contributed by atoms with Gasteiger partial charge < -0.3 is 16.0 Å². The van der Waals surface area contributed by atoms with Gasteiger partial charge in [0.2, 0.25) is 5.91 Å². The van der Waals surface area contributed by atoms with Gasteiger partial charge in [0.05, 0.1) is 0 Å². The lowest BCUT2D eigenvalue weighted by Crippen LogP contribution is -2.43. The zero-order chi connectivity index (χ0) is 15.8. The predicted molar refractivity (Wildman–Crippen MR) is 92.3 cm³/mol. The molecule has 1 amide bonds. The highest BCUT2D eigenvalue weighted by Gasteiger charge is 2.28. The first-order chi connectivity index (χ1) is 10.7. The zero-order valence-electron chi connectivity index (χ0n) is 13.4. The van der Waals surface area contributed by atoms with Crippen molar-refractivity contribution >= 4 is 23.2 Å². The maximum Gasteiger partial charge on any atom is 0.223 e. The highest BCUT2D eigenvalue weighted by molar-refractivity contribution is 7.09. The number of amides is 1. The van der Waals surface area contributed by atoms with E-state index in [1.807, 2.05) is 0 Å². The Bertz CT molecular complexity index is 482. The molecule has 5 nitrogen and oxygen atoms in total. The molecule has 6 heteroatoms. The Morgan fingerprint density at radius 3 is 2.77 bits per heavy atom. The number of carbonyl (C=O) groups excluding carboxylic acids is 1. The molecule has 3 N–H and O–H groups in total. The number of hydrogen-bond donors (Lipinski definition) is 3. The molecule has 122 valence electrons. The molecule has 1 aliphatic rings. The van der Waals surface area contributed by atoms with Crippen molar-refractivity contribution in [2.24, 2.45) is 16.8 Å². The molecule has 1 unspecified atom stereocenters. The van der Waals surface area contributed by atoms with Crippen LogP contribution in [0, 0.1) is 11.8 Å². The molecule has 0 bridgehead atoms. The zero-order valence-corrected chi connectivity index (χ0v) is 14.2. The topological polar surface area (TPSA) is 65.5 Å². The second-order valence-electron chi connectivity index (χ2n) is 5.83. The van der Waals surface area contributed by atoms with Crippen molar-refractivity contribution in [2.45, 2.75) is 26.2 Å². The third kappa shape index (κ3) is 6.05. The van der Waals surface area contributed by atoms with Gasteiger partial charge in [0.1, 0.15) is 0 Å². The van der Waals surface area contributed by atoms with Gasteiger partial charge in [0.15, 0.2) is 5.96 Å². The smallest absolute Gasteiger partial charge is 0.223 e. The maximum absolute atomic E-state index is 11.5. The molecule has 1 fully saturated rings. The van der Waals surface area contributed by atoms with E-state index >= 15 is 0 Å².